The number of hydrogen-bond donors (Lipinski definition) is 0. The zero-order valence-electron chi connectivity index (χ0n) is 38.0. The normalized spacial score (nSPS) is 15.5. The van der Waals surface area contributed by atoms with E-state index in [1.54, 1.807) is 0 Å². The topological polar surface area (TPSA) is 51.6 Å². The molecule has 4 heteroatoms. The standard InChI is InChI=1S/C58H52N4.C2H6/c1-6-40-34-35-57(5,39-41(40)7-2)54-38-53(61-56(62-54)46-21-14-11-15-22-46)44-28-32-50(33-29-44)58(8-3,9-4)49-30-26-43(27-31-49)51-37-52(60-55(59-51)45-19-12-10-13-20-45)48-25-24-42-18-16-17-23-47(42)36-48;1-2/h6-7,10-16,18-22,24-34,36-39H,1-2,8-9,17,23,35H2,3-5H3;1-2H3. The van der Waals surface area contributed by atoms with Gasteiger partial charge in [0.05, 0.1) is 22.8 Å². The van der Waals surface area contributed by atoms with Gasteiger partial charge in [-0.2, -0.15) is 0 Å². The molecular weight excluding hydrogens is 777 g/mol. The summed E-state index contributed by atoms with van der Waals surface area (Å²) in [5.74, 6) is 1.45. The predicted molar refractivity (Wildman–Crippen MR) is 270 cm³/mol. The van der Waals surface area contributed by atoms with Gasteiger partial charge in [0, 0.05) is 38.6 Å². The number of allylic oxidation sites excluding steroid dienone is 7. The lowest BCUT2D eigenvalue weighted by Crippen LogP contribution is -2.26. The minimum absolute atomic E-state index is 0.177. The van der Waals surface area contributed by atoms with Gasteiger partial charge < -0.3 is 0 Å². The van der Waals surface area contributed by atoms with E-state index in [1.165, 1.54) is 22.3 Å². The van der Waals surface area contributed by atoms with Crippen molar-refractivity contribution in [2.75, 3.05) is 0 Å². The van der Waals surface area contributed by atoms with Crippen LogP contribution < -0.4 is 0 Å². The molecule has 0 bridgehead atoms. The number of benzene rings is 5. The summed E-state index contributed by atoms with van der Waals surface area (Å²) in [6.07, 6.45) is 17.7. The summed E-state index contributed by atoms with van der Waals surface area (Å²) < 4.78 is 0. The van der Waals surface area contributed by atoms with E-state index in [0.29, 0.717) is 0 Å². The van der Waals surface area contributed by atoms with Crippen LogP contribution in [0.5, 0.6) is 0 Å². The van der Waals surface area contributed by atoms with Crippen molar-refractivity contribution in [3.63, 3.8) is 0 Å². The molecule has 318 valence electrons. The molecule has 2 aliphatic carbocycles. The molecule has 0 saturated carbocycles. The first kappa shape index (κ1) is 43.6. The minimum Gasteiger partial charge on any atom is -0.232 e. The molecule has 1 atom stereocenters. The largest absolute Gasteiger partial charge is 0.232 e. The van der Waals surface area contributed by atoms with Crippen LogP contribution in [-0.2, 0) is 17.3 Å². The van der Waals surface area contributed by atoms with Crippen molar-refractivity contribution in [2.24, 2.45) is 0 Å². The van der Waals surface area contributed by atoms with Gasteiger partial charge in [-0.3, -0.25) is 0 Å². The third-order valence-corrected chi connectivity index (χ3v) is 13.1. The third kappa shape index (κ3) is 8.66. The fraction of sp³-hybridized carbons (Fsp3) is 0.200. The predicted octanol–water partition coefficient (Wildman–Crippen LogP) is 15.6. The van der Waals surface area contributed by atoms with Gasteiger partial charge in [-0.1, -0.05) is 206 Å². The first-order valence-corrected chi connectivity index (χ1v) is 22.9. The monoisotopic (exact) mass is 834 g/mol. The van der Waals surface area contributed by atoms with Gasteiger partial charge in [0.1, 0.15) is 0 Å². The Morgan fingerprint density at radius 1 is 0.578 bits per heavy atom. The number of aromatic nitrogens is 4. The molecule has 0 spiro atoms. The van der Waals surface area contributed by atoms with Crippen LogP contribution in [0.1, 0.15) is 88.2 Å². The van der Waals surface area contributed by atoms with E-state index in [1.807, 2.05) is 62.4 Å². The number of rotatable bonds is 12. The molecule has 2 aromatic heterocycles. The number of nitrogens with zero attached hydrogens (tertiary/aromatic N) is 4. The maximum absolute atomic E-state index is 5.20. The van der Waals surface area contributed by atoms with Crippen molar-refractivity contribution >= 4 is 6.08 Å². The van der Waals surface area contributed by atoms with Crippen LogP contribution in [0.15, 0.2) is 194 Å². The van der Waals surface area contributed by atoms with Crippen LogP contribution in [0, 0.1) is 0 Å². The quantitative estimate of drug-likeness (QED) is 0.123. The molecule has 1 unspecified atom stereocenters. The maximum atomic E-state index is 5.20. The van der Waals surface area contributed by atoms with Crippen molar-refractivity contribution < 1.29 is 0 Å². The summed E-state index contributed by atoms with van der Waals surface area (Å²) in [7, 11) is 0. The number of hydrogen-bond acceptors (Lipinski definition) is 4. The van der Waals surface area contributed by atoms with E-state index in [2.05, 4.69) is 161 Å². The lowest BCUT2D eigenvalue weighted by atomic mass is 9.70. The molecule has 0 saturated heterocycles. The molecule has 0 aliphatic heterocycles. The van der Waals surface area contributed by atoms with Crippen LogP contribution in [0.25, 0.3) is 62.6 Å². The van der Waals surface area contributed by atoms with Crippen LogP contribution in [0.3, 0.4) is 0 Å². The highest BCUT2D eigenvalue weighted by molar-refractivity contribution is 5.74. The molecule has 0 fully saturated rings. The Morgan fingerprint density at radius 2 is 1.09 bits per heavy atom. The SMILES string of the molecule is C=CC1=CCC(C)(c2cc(-c3ccc(C(CC)(CC)c4ccc(-c5cc(-c6ccc7c(c6)CCC=C7)nc(-c6ccccc6)n5)cc4)cc3)nc(-c3ccccc3)n2)C=C1C=C.CC. The number of aryl methyl sites for hydroxylation is 1. The summed E-state index contributed by atoms with van der Waals surface area (Å²) in [6, 6.07) is 49.7. The van der Waals surface area contributed by atoms with E-state index in [-0.39, 0.29) is 10.8 Å². The highest BCUT2D eigenvalue weighted by atomic mass is 14.9. The smallest absolute Gasteiger partial charge is 0.160 e. The van der Waals surface area contributed by atoms with E-state index in [9.17, 15) is 0 Å². The summed E-state index contributed by atoms with van der Waals surface area (Å²) in [4.78, 5) is 20.6. The lowest BCUT2D eigenvalue weighted by molar-refractivity contribution is 0.478. The molecule has 0 radical (unpaired) electrons. The summed E-state index contributed by atoms with van der Waals surface area (Å²) in [6.45, 7) is 19.0. The van der Waals surface area contributed by atoms with Gasteiger partial charge >= 0.3 is 0 Å². The second-order valence-corrected chi connectivity index (χ2v) is 16.7. The average molecular weight is 835 g/mol. The lowest BCUT2D eigenvalue weighted by Gasteiger charge is -2.33. The molecule has 9 rings (SSSR count). The molecule has 5 aromatic carbocycles. The van der Waals surface area contributed by atoms with Gasteiger partial charge in [0.25, 0.3) is 0 Å². The molecule has 2 aliphatic rings. The summed E-state index contributed by atoms with van der Waals surface area (Å²) >= 11 is 0. The van der Waals surface area contributed by atoms with Crippen molar-refractivity contribution in [2.45, 2.75) is 77.6 Å². The van der Waals surface area contributed by atoms with Gasteiger partial charge in [0.2, 0.25) is 0 Å². The maximum Gasteiger partial charge on any atom is 0.160 e. The van der Waals surface area contributed by atoms with E-state index >= 15 is 0 Å². The Bertz CT molecular complexity index is 2860. The summed E-state index contributed by atoms with van der Waals surface area (Å²) in [5, 5.41) is 0. The number of fused-ring (bicyclic) bond motifs is 1. The highest BCUT2D eigenvalue weighted by Gasteiger charge is 2.32. The van der Waals surface area contributed by atoms with Crippen molar-refractivity contribution in [3.05, 3.63) is 222 Å². The molecule has 7 aromatic rings. The zero-order valence-corrected chi connectivity index (χ0v) is 38.0. The minimum atomic E-state index is -0.335. The van der Waals surface area contributed by atoms with Crippen LogP contribution >= 0.6 is 0 Å². The van der Waals surface area contributed by atoms with Gasteiger partial charge in [-0.15, -0.1) is 0 Å². The first-order valence-electron chi connectivity index (χ1n) is 22.9. The van der Waals surface area contributed by atoms with Gasteiger partial charge in [-0.05, 0) is 83.7 Å². The fourth-order valence-corrected chi connectivity index (χ4v) is 9.29. The molecule has 4 nitrogen and oxygen atoms in total. The van der Waals surface area contributed by atoms with E-state index < -0.39 is 0 Å². The zero-order chi connectivity index (χ0) is 44.7. The molecular formula is C60H58N4. The highest BCUT2D eigenvalue weighted by Crippen LogP contribution is 2.42. The van der Waals surface area contributed by atoms with Crippen LogP contribution in [-0.4, -0.2) is 19.9 Å². The molecule has 64 heavy (non-hydrogen) atoms. The second kappa shape index (κ2) is 19.1. The Morgan fingerprint density at radius 3 is 1.64 bits per heavy atom. The first-order chi connectivity index (χ1) is 31.3. The van der Waals surface area contributed by atoms with Crippen LogP contribution in [0.2, 0.25) is 0 Å². The Kier molecular flexibility index (Phi) is 13.0. The Hall–Kier alpha value is -7.04. The van der Waals surface area contributed by atoms with Crippen LogP contribution in [0.4, 0.5) is 0 Å². The average Bonchev–Trinajstić information content (AvgIpc) is 3.38. The fourth-order valence-electron chi connectivity index (χ4n) is 9.29. The third-order valence-electron chi connectivity index (χ3n) is 13.1. The van der Waals surface area contributed by atoms with Crippen molar-refractivity contribution in [1.82, 2.24) is 19.9 Å². The van der Waals surface area contributed by atoms with Crippen molar-refractivity contribution in [3.8, 4) is 56.5 Å². The van der Waals surface area contributed by atoms with E-state index in [0.717, 1.165) is 105 Å². The summed E-state index contributed by atoms with van der Waals surface area (Å²) in [5.41, 5.74) is 15.9. The van der Waals surface area contributed by atoms with Gasteiger partial charge in [-0.25, -0.2) is 19.9 Å². The molecule has 0 amide bonds. The molecule has 2 heterocycles. The Balaban J connectivity index is 0.00000276. The van der Waals surface area contributed by atoms with Crippen molar-refractivity contribution in [1.29, 1.82) is 0 Å². The van der Waals surface area contributed by atoms with Gasteiger partial charge in [0.15, 0.2) is 11.6 Å². The second-order valence-electron chi connectivity index (χ2n) is 16.7. The Labute approximate surface area is 380 Å². The van der Waals surface area contributed by atoms with E-state index in [4.69, 9.17) is 19.9 Å². The molecule has 0 N–H and O–H groups in total.